The number of nitrogen functional groups attached to an aromatic ring is 1. The lowest BCUT2D eigenvalue weighted by Crippen LogP contribution is -2.15. The first-order chi connectivity index (χ1) is 10.1. The highest BCUT2D eigenvalue weighted by molar-refractivity contribution is 7.13. The Morgan fingerprint density at radius 2 is 2.24 bits per heavy atom. The van der Waals surface area contributed by atoms with Gasteiger partial charge in [0.2, 0.25) is 5.91 Å². The summed E-state index contributed by atoms with van der Waals surface area (Å²) in [6, 6.07) is 7.66. The van der Waals surface area contributed by atoms with E-state index >= 15 is 0 Å². The third kappa shape index (κ3) is 2.85. The molecule has 0 bridgehead atoms. The summed E-state index contributed by atoms with van der Waals surface area (Å²) >= 11 is 1.33. The van der Waals surface area contributed by atoms with E-state index in [-0.39, 0.29) is 12.3 Å². The fourth-order valence-corrected chi connectivity index (χ4v) is 2.75. The average molecular weight is 298 g/mol. The van der Waals surface area contributed by atoms with E-state index in [9.17, 15) is 4.79 Å². The molecule has 0 radical (unpaired) electrons. The molecule has 21 heavy (non-hydrogen) atoms. The second-order valence-corrected chi connectivity index (χ2v) is 5.62. The molecule has 2 heterocycles. The maximum atomic E-state index is 12.1. The van der Waals surface area contributed by atoms with Crippen LogP contribution in [0.15, 0.2) is 35.8 Å². The van der Waals surface area contributed by atoms with Crippen molar-refractivity contribution in [2.75, 3.05) is 11.1 Å². The van der Waals surface area contributed by atoms with Gasteiger partial charge in [-0.05, 0) is 30.7 Å². The van der Waals surface area contributed by atoms with Crippen molar-refractivity contribution < 1.29 is 4.79 Å². The fourth-order valence-electron chi connectivity index (χ4n) is 2.19. The third-order valence-corrected chi connectivity index (χ3v) is 3.88. The van der Waals surface area contributed by atoms with Gasteiger partial charge in [-0.2, -0.15) is 0 Å². The van der Waals surface area contributed by atoms with Crippen molar-refractivity contribution in [2.24, 2.45) is 0 Å². The minimum atomic E-state index is -0.116. The number of carbonyl (C=O) groups excluding carboxylic acids is 1. The molecule has 1 amide bonds. The second kappa shape index (κ2) is 5.49. The van der Waals surface area contributed by atoms with Crippen LogP contribution in [0.4, 0.5) is 10.8 Å². The molecule has 3 rings (SSSR count). The summed E-state index contributed by atoms with van der Waals surface area (Å²) < 4.78 is 0. The molecule has 5 nitrogen and oxygen atoms in total. The molecule has 3 N–H and O–H groups in total. The van der Waals surface area contributed by atoms with E-state index in [0.29, 0.717) is 10.8 Å². The van der Waals surface area contributed by atoms with Crippen molar-refractivity contribution >= 4 is 39.0 Å². The predicted molar refractivity (Wildman–Crippen MR) is 85.3 cm³/mol. The molecule has 0 saturated carbocycles. The minimum absolute atomic E-state index is 0.116. The van der Waals surface area contributed by atoms with Gasteiger partial charge in [-0.3, -0.25) is 9.78 Å². The van der Waals surface area contributed by atoms with E-state index < -0.39 is 0 Å². The van der Waals surface area contributed by atoms with Crippen LogP contribution >= 0.6 is 11.3 Å². The Hall–Kier alpha value is -2.47. The van der Waals surface area contributed by atoms with E-state index in [1.54, 1.807) is 11.6 Å². The zero-order chi connectivity index (χ0) is 14.8. The first-order valence-electron chi connectivity index (χ1n) is 6.47. The molecule has 1 aromatic carbocycles. The number of hydrogen-bond donors (Lipinski definition) is 2. The van der Waals surface area contributed by atoms with E-state index in [1.165, 1.54) is 11.3 Å². The Bertz CT molecular complexity index is 812. The predicted octanol–water partition coefficient (Wildman–Crippen LogP) is 2.76. The molecule has 0 aliphatic heterocycles. The molecule has 0 aliphatic carbocycles. The van der Waals surface area contributed by atoms with Gasteiger partial charge in [-0.15, -0.1) is 11.3 Å². The second-order valence-electron chi connectivity index (χ2n) is 4.73. The Morgan fingerprint density at radius 1 is 1.38 bits per heavy atom. The molecule has 0 saturated heterocycles. The number of amides is 1. The average Bonchev–Trinajstić information content (AvgIpc) is 2.87. The van der Waals surface area contributed by atoms with Gasteiger partial charge in [-0.1, -0.05) is 6.07 Å². The quantitative estimate of drug-likeness (QED) is 0.779. The largest absolute Gasteiger partial charge is 0.375 e. The number of nitrogens with zero attached hydrogens (tertiary/aromatic N) is 2. The third-order valence-electron chi connectivity index (χ3n) is 3.16. The molecule has 0 unspecified atom stereocenters. The van der Waals surface area contributed by atoms with E-state index in [0.717, 1.165) is 22.2 Å². The topological polar surface area (TPSA) is 80.9 Å². The molecule has 0 fully saturated rings. The van der Waals surface area contributed by atoms with Gasteiger partial charge in [0.15, 0.2) is 5.13 Å². The molecule has 2 aromatic heterocycles. The number of fused-ring (bicyclic) bond motifs is 1. The van der Waals surface area contributed by atoms with Gasteiger partial charge in [0, 0.05) is 17.0 Å². The number of aromatic nitrogens is 2. The summed E-state index contributed by atoms with van der Waals surface area (Å²) in [6.45, 7) is 2.00. The summed E-state index contributed by atoms with van der Waals surface area (Å²) in [6.07, 6.45) is 1.96. The van der Waals surface area contributed by atoms with Gasteiger partial charge in [0.05, 0.1) is 23.3 Å². The number of nitrogens with one attached hydrogen (secondary N) is 1. The molecule has 106 valence electrons. The number of thiazole rings is 1. The first kappa shape index (κ1) is 13.5. The highest BCUT2D eigenvalue weighted by Gasteiger charge is 2.10. The summed E-state index contributed by atoms with van der Waals surface area (Å²) in [5.41, 5.74) is 8.99. The fraction of sp³-hybridized carbons (Fsp3) is 0.133. The number of hydrogen-bond acceptors (Lipinski definition) is 5. The van der Waals surface area contributed by atoms with E-state index in [2.05, 4.69) is 15.3 Å². The monoisotopic (exact) mass is 298 g/mol. The first-order valence-corrected chi connectivity index (χ1v) is 7.35. The van der Waals surface area contributed by atoms with Crippen LogP contribution in [0.2, 0.25) is 0 Å². The van der Waals surface area contributed by atoms with Crippen molar-refractivity contribution in [2.45, 2.75) is 13.3 Å². The van der Waals surface area contributed by atoms with Crippen molar-refractivity contribution in [3.63, 3.8) is 0 Å². The zero-order valence-corrected chi connectivity index (χ0v) is 12.3. The smallest absolute Gasteiger partial charge is 0.230 e. The van der Waals surface area contributed by atoms with Gasteiger partial charge in [0.25, 0.3) is 0 Å². The highest BCUT2D eigenvalue weighted by Crippen LogP contribution is 2.24. The molecule has 0 aliphatic rings. The lowest BCUT2D eigenvalue weighted by Gasteiger charge is -2.09. The minimum Gasteiger partial charge on any atom is -0.375 e. The molecule has 0 spiro atoms. The van der Waals surface area contributed by atoms with Crippen LogP contribution in [0.25, 0.3) is 10.9 Å². The summed E-state index contributed by atoms with van der Waals surface area (Å²) in [5.74, 6) is -0.116. The number of pyridine rings is 1. The Kier molecular flexibility index (Phi) is 3.53. The van der Waals surface area contributed by atoms with Gasteiger partial charge >= 0.3 is 0 Å². The Balaban J connectivity index is 1.85. The van der Waals surface area contributed by atoms with Crippen molar-refractivity contribution in [1.82, 2.24) is 9.97 Å². The molecule has 3 aromatic rings. The molecule has 0 atom stereocenters. The van der Waals surface area contributed by atoms with Crippen LogP contribution in [0.5, 0.6) is 0 Å². The van der Waals surface area contributed by atoms with Crippen LogP contribution in [0, 0.1) is 6.92 Å². The van der Waals surface area contributed by atoms with Crippen LogP contribution < -0.4 is 11.1 Å². The maximum absolute atomic E-state index is 12.1. The zero-order valence-electron chi connectivity index (χ0n) is 11.5. The maximum Gasteiger partial charge on any atom is 0.230 e. The SMILES string of the molecule is Cc1ccc(NC(=O)Cc2csc(N)n2)c2cccnc12. The van der Waals surface area contributed by atoms with Crippen LogP contribution in [0.1, 0.15) is 11.3 Å². The van der Waals surface area contributed by atoms with Crippen molar-refractivity contribution in [1.29, 1.82) is 0 Å². The Labute approximate surface area is 125 Å². The van der Waals surface area contributed by atoms with Gasteiger partial charge < -0.3 is 11.1 Å². The number of anilines is 2. The van der Waals surface area contributed by atoms with E-state index in [1.807, 2.05) is 31.2 Å². The molecule has 6 heteroatoms. The van der Waals surface area contributed by atoms with Crippen LogP contribution in [-0.4, -0.2) is 15.9 Å². The van der Waals surface area contributed by atoms with Crippen molar-refractivity contribution in [3.05, 3.63) is 47.1 Å². The van der Waals surface area contributed by atoms with Crippen molar-refractivity contribution in [3.8, 4) is 0 Å². The van der Waals surface area contributed by atoms with Crippen LogP contribution in [-0.2, 0) is 11.2 Å². The highest BCUT2D eigenvalue weighted by atomic mass is 32.1. The van der Waals surface area contributed by atoms with Gasteiger partial charge in [0.1, 0.15) is 0 Å². The summed E-state index contributed by atoms with van der Waals surface area (Å²) in [5, 5.41) is 6.12. The summed E-state index contributed by atoms with van der Waals surface area (Å²) in [7, 11) is 0. The molecular formula is C15H14N4OS. The number of benzene rings is 1. The number of aryl methyl sites for hydroxylation is 1. The number of rotatable bonds is 3. The normalized spacial score (nSPS) is 10.7. The number of carbonyl (C=O) groups is 1. The standard InChI is InChI=1S/C15H14N4OS/c1-9-4-5-12(11-3-2-6-17-14(9)11)19-13(20)7-10-8-21-15(16)18-10/h2-6,8H,7H2,1H3,(H2,16,18)(H,19,20). The van der Waals surface area contributed by atoms with E-state index in [4.69, 9.17) is 5.73 Å². The summed E-state index contributed by atoms with van der Waals surface area (Å²) in [4.78, 5) is 20.6. The Morgan fingerprint density at radius 3 is 3.00 bits per heavy atom. The lowest BCUT2D eigenvalue weighted by molar-refractivity contribution is -0.115. The molecular weight excluding hydrogens is 284 g/mol. The lowest BCUT2D eigenvalue weighted by atomic mass is 10.1. The van der Waals surface area contributed by atoms with Gasteiger partial charge in [-0.25, -0.2) is 4.98 Å². The number of nitrogens with two attached hydrogens (primary N) is 1. The van der Waals surface area contributed by atoms with Crippen LogP contribution in [0.3, 0.4) is 0 Å².